The number of carbonyl (C=O) groups excluding carboxylic acids is 2. The zero-order valence-corrected chi connectivity index (χ0v) is 13.5. The summed E-state index contributed by atoms with van der Waals surface area (Å²) in [5.74, 6) is -0.176. The third-order valence-electron chi connectivity index (χ3n) is 2.63. The van der Waals surface area contributed by atoms with Gasteiger partial charge in [0.1, 0.15) is 0 Å². The molecule has 0 heterocycles. The molecule has 2 amide bonds. The monoisotopic (exact) mass is 284 g/mol. The molecule has 5 heteroatoms. The Morgan fingerprint density at radius 2 is 1.55 bits per heavy atom. The molecule has 0 aliphatic heterocycles. The maximum atomic E-state index is 11.7. The molecule has 0 aromatic carbocycles. The predicted molar refractivity (Wildman–Crippen MR) is 80.3 cm³/mol. The van der Waals surface area contributed by atoms with Crippen LogP contribution in [0.4, 0.5) is 0 Å². The van der Waals surface area contributed by atoms with Crippen LogP contribution in [-0.2, 0) is 14.3 Å². The van der Waals surface area contributed by atoms with E-state index in [4.69, 9.17) is 4.74 Å². The SMILES string of the molecule is C=C(C)C(=O)NCC(C)OC(C)CNC(=O)C(C)(C)C. The van der Waals surface area contributed by atoms with E-state index in [1.807, 2.05) is 34.6 Å². The van der Waals surface area contributed by atoms with Crippen molar-refractivity contribution >= 4 is 11.8 Å². The molecule has 0 fully saturated rings. The van der Waals surface area contributed by atoms with Crippen LogP contribution in [-0.4, -0.2) is 37.1 Å². The van der Waals surface area contributed by atoms with Crippen LogP contribution in [0.3, 0.4) is 0 Å². The van der Waals surface area contributed by atoms with Gasteiger partial charge in [0.05, 0.1) is 12.2 Å². The van der Waals surface area contributed by atoms with Crippen molar-refractivity contribution in [3.63, 3.8) is 0 Å². The lowest BCUT2D eigenvalue weighted by molar-refractivity contribution is -0.129. The lowest BCUT2D eigenvalue weighted by Crippen LogP contribution is -2.41. The maximum Gasteiger partial charge on any atom is 0.246 e. The van der Waals surface area contributed by atoms with Gasteiger partial charge in [-0.05, 0) is 20.8 Å². The van der Waals surface area contributed by atoms with Crippen LogP contribution in [0.2, 0.25) is 0 Å². The maximum absolute atomic E-state index is 11.7. The summed E-state index contributed by atoms with van der Waals surface area (Å²) in [5.41, 5.74) is 0.0727. The van der Waals surface area contributed by atoms with E-state index < -0.39 is 5.41 Å². The van der Waals surface area contributed by atoms with Gasteiger partial charge < -0.3 is 15.4 Å². The van der Waals surface area contributed by atoms with Gasteiger partial charge >= 0.3 is 0 Å². The zero-order chi connectivity index (χ0) is 15.9. The van der Waals surface area contributed by atoms with E-state index in [1.165, 1.54) is 0 Å². The number of amides is 2. The van der Waals surface area contributed by atoms with E-state index in [0.717, 1.165) is 0 Å². The van der Waals surface area contributed by atoms with Crippen LogP contribution in [0.15, 0.2) is 12.2 Å². The molecule has 116 valence electrons. The minimum absolute atomic E-state index is 0.00353. The summed E-state index contributed by atoms with van der Waals surface area (Å²) in [6.45, 7) is 15.5. The molecule has 0 aliphatic rings. The Morgan fingerprint density at radius 1 is 1.10 bits per heavy atom. The summed E-state index contributed by atoms with van der Waals surface area (Å²) in [6.07, 6.45) is -0.238. The second-order valence-corrected chi connectivity index (χ2v) is 6.21. The van der Waals surface area contributed by atoms with Gasteiger partial charge in [0.2, 0.25) is 11.8 Å². The number of rotatable bonds is 7. The molecule has 0 aliphatic carbocycles. The normalized spacial score (nSPS) is 14.3. The fourth-order valence-electron chi connectivity index (χ4n) is 1.38. The second kappa shape index (κ2) is 8.04. The average Bonchev–Trinajstić information content (AvgIpc) is 2.31. The van der Waals surface area contributed by atoms with Gasteiger partial charge in [0.15, 0.2) is 0 Å². The van der Waals surface area contributed by atoms with Gasteiger partial charge in [-0.3, -0.25) is 9.59 Å². The summed E-state index contributed by atoms with van der Waals surface area (Å²) < 4.78 is 5.68. The number of hydrogen-bond acceptors (Lipinski definition) is 3. The quantitative estimate of drug-likeness (QED) is 0.698. The third-order valence-corrected chi connectivity index (χ3v) is 2.63. The smallest absolute Gasteiger partial charge is 0.246 e. The van der Waals surface area contributed by atoms with Crippen LogP contribution in [0.1, 0.15) is 41.5 Å². The fourth-order valence-corrected chi connectivity index (χ4v) is 1.38. The minimum atomic E-state index is -0.402. The Kier molecular flexibility index (Phi) is 7.50. The van der Waals surface area contributed by atoms with E-state index in [0.29, 0.717) is 18.7 Å². The highest BCUT2D eigenvalue weighted by Crippen LogP contribution is 2.12. The molecule has 0 aromatic rings. The Bertz CT molecular complexity index is 359. The highest BCUT2D eigenvalue weighted by molar-refractivity contribution is 5.92. The molecule has 0 saturated carbocycles. The number of hydrogen-bond donors (Lipinski definition) is 2. The molecular formula is C15H28N2O3. The Labute approximate surface area is 122 Å². The van der Waals surface area contributed by atoms with E-state index in [2.05, 4.69) is 17.2 Å². The van der Waals surface area contributed by atoms with Crippen molar-refractivity contribution in [2.24, 2.45) is 5.41 Å². The molecule has 5 nitrogen and oxygen atoms in total. The first kappa shape index (κ1) is 18.6. The van der Waals surface area contributed by atoms with Crippen molar-refractivity contribution in [1.29, 1.82) is 0 Å². The van der Waals surface area contributed by atoms with Crippen molar-refractivity contribution in [2.75, 3.05) is 13.1 Å². The van der Waals surface area contributed by atoms with Crippen LogP contribution in [0.5, 0.6) is 0 Å². The second-order valence-electron chi connectivity index (χ2n) is 6.21. The first-order chi connectivity index (χ1) is 9.04. The zero-order valence-electron chi connectivity index (χ0n) is 13.5. The average molecular weight is 284 g/mol. The molecule has 0 spiro atoms. The summed E-state index contributed by atoms with van der Waals surface area (Å²) in [5, 5.41) is 5.57. The van der Waals surface area contributed by atoms with Gasteiger partial charge in [0.25, 0.3) is 0 Å². The molecule has 0 bridgehead atoms. The lowest BCUT2D eigenvalue weighted by atomic mass is 9.96. The first-order valence-electron chi connectivity index (χ1n) is 6.91. The molecule has 0 aromatic heterocycles. The fraction of sp³-hybridized carbons (Fsp3) is 0.733. The van der Waals surface area contributed by atoms with Crippen LogP contribution in [0, 0.1) is 5.41 Å². The third kappa shape index (κ3) is 7.94. The summed E-state index contributed by atoms with van der Waals surface area (Å²) in [7, 11) is 0. The summed E-state index contributed by atoms with van der Waals surface area (Å²) >= 11 is 0. The number of ether oxygens (including phenoxy) is 1. The van der Waals surface area contributed by atoms with Gasteiger partial charge in [0, 0.05) is 24.1 Å². The van der Waals surface area contributed by atoms with Crippen molar-refractivity contribution in [1.82, 2.24) is 10.6 Å². The Morgan fingerprint density at radius 3 is 1.95 bits per heavy atom. The molecular weight excluding hydrogens is 256 g/mol. The van der Waals surface area contributed by atoms with Crippen LogP contribution >= 0.6 is 0 Å². The van der Waals surface area contributed by atoms with Gasteiger partial charge in [-0.25, -0.2) is 0 Å². The molecule has 0 saturated heterocycles. The van der Waals surface area contributed by atoms with E-state index >= 15 is 0 Å². The molecule has 2 unspecified atom stereocenters. The highest BCUT2D eigenvalue weighted by Gasteiger charge is 2.21. The van der Waals surface area contributed by atoms with E-state index in [1.54, 1.807) is 6.92 Å². The molecule has 20 heavy (non-hydrogen) atoms. The number of carbonyl (C=O) groups is 2. The lowest BCUT2D eigenvalue weighted by Gasteiger charge is -2.22. The van der Waals surface area contributed by atoms with Crippen LogP contribution < -0.4 is 10.6 Å². The Balaban J connectivity index is 3.97. The van der Waals surface area contributed by atoms with Gasteiger partial charge in [-0.15, -0.1) is 0 Å². The molecule has 0 radical (unpaired) electrons. The van der Waals surface area contributed by atoms with Gasteiger partial charge in [-0.2, -0.15) is 0 Å². The summed E-state index contributed by atoms with van der Waals surface area (Å²) in [6, 6.07) is 0. The topological polar surface area (TPSA) is 67.4 Å². The predicted octanol–water partition coefficient (Wildman–Crippen LogP) is 1.63. The standard InChI is InChI=1S/C15H28N2O3/c1-10(2)13(18)16-8-11(3)20-12(4)9-17-14(19)15(5,6)7/h11-12H,1,8-9H2,2-7H3,(H,16,18)(H,17,19). The molecule has 2 atom stereocenters. The molecule has 2 N–H and O–H groups in total. The van der Waals surface area contributed by atoms with Crippen molar-refractivity contribution in [3.8, 4) is 0 Å². The highest BCUT2D eigenvalue weighted by atomic mass is 16.5. The summed E-state index contributed by atoms with van der Waals surface area (Å²) in [4.78, 5) is 23.0. The van der Waals surface area contributed by atoms with Crippen molar-refractivity contribution in [3.05, 3.63) is 12.2 Å². The Hall–Kier alpha value is -1.36. The van der Waals surface area contributed by atoms with Gasteiger partial charge in [-0.1, -0.05) is 27.4 Å². The minimum Gasteiger partial charge on any atom is -0.372 e. The van der Waals surface area contributed by atoms with E-state index in [-0.39, 0.29) is 24.0 Å². The van der Waals surface area contributed by atoms with Crippen molar-refractivity contribution < 1.29 is 14.3 Å². The number of nitrogens with one attached hydrogen (secondary N) is 2. The van der Waals surface area contributed by atoms with E-state index in [9.17, 15) is 9.59 Å². The molecule has 0 rings (SSSR count). The largest absolute Gasteiger partial charge is 0.372 e. The van der Waals surface area contributed by atoms with Crippen LogP contribution in [0.25, 0.3) is 0 Å². The van der Waals surface area contributed by atoms with Crippen molar-refractivity contribution in [2.45, 2.75) is 53.8 Å². The first-order valence-corrected chi connectivity index (χ1v) is 6.91.